The summed E-state index contributed by atoms with van der Waals surface area (Å²) in [6, 6.07) is 17.3. The summed E-state index contributed by atoms with van der Waals surface area (Å²) in [5.74, 6) is 0.461. The van der Waals surface area contributed by atoms with Crippen molar-refractivity contribution in [2.24, 2.45) is 5.73 Å². The number of halogens is 3. The predicted molar refractivity (Wildman–Crippen MR) is 120 cm³/mol. The molecule has 0 spiro atoms. The highest BCUT2D eigenvalue weighted by molar-refractivity contribution is 5.60. The zero-order valence-electron chi connectivity index (χ0n) is 17.8. The first-order chi connectivity index (χ1) is 15.9. The molecular formula is C24H24F3N5O. The first kappa shape index (κ1) is 24.2. The van der Waals surface area contributed by atoms with Crippen molar-refractivity contribution >= 4 is 0 Å². The third-order valence-corrected chi connectivity index (χ3v) is 4.72. The molecule has 9 heteroatoms. The average molecular weight is 455 g/mol. The van der Waals surface area contributed by atoms with E-state index in [2.05, 4.69) is 15.6 Å². The molecule has 3 rings (SSSR count). The molecular weight excluding hydrogens is 431 g/mol. The summed E-state index contributed by atoms with van der Waals surface area (Å²) in [6.07, 6.45) is -4.52. The van der Waals surface area contributed by atoms with Gasteiger partial charge < -0.3 is 21.1 Å². The molecule has 0 saturated heterocycles. The zero-order valence-corrected chi connectivity index (χ0v) is 17.8. The van der Waals surface area contributed by atoms with Crippen molar-refractivity contribution in [3.63, 3.8) is 0 Å². The standard InChI is InChI=1S/C24H24F3N5O/c25-24(26,27)19-6-9-23(18(14-19)15-29)33-21-7-4-17(5-8-21)22-3-1-2-20(32-22)16-31-13-12-30-11-10-28/h1-9,14,30-31H,10-13,16,28H2. The second kappa shape index (κ2) is 11.4. The van der Waals surface area contributed by atoms with Crippen LogP contribution in [0.2, 0.25) is 0 Å². The Morgan fingerprint density at radius 1 is 0.970 bits per heavy atom. The molecule has 33 heavy (non-hydrogen) atoms. The summed E-state index contributed by atoms with van der Waals surface area (Å²) in [7, 11) is 0. The minimum Gasteiger partial charge on any atom is -0.456 e. The third kappa shape index (κ3) is 7.02. The van der Waals surface area contributed by atoms with E-state index in [-0.39, 0.29) is 11.3 Å². The third-order valence-electron chi connectivity index (χ3n) is 4.72. The van der Waals surface area contributed by atoms with Gasteiger partial charge in [-0.15, -0.1) is 0 Å². The van der Waals surface area contributed by atoms with Crippen LogP contribution in [0, 0.1) is 11.3 Å². The Hall–Kier alpha value is -3.45. The topological polar surface area (TPSA) is 96.0 Å². The van der Waals surface area contributed by atoms with Gasteiger partial charge in [-0.25, -0.2) is 0 Å². The lowest BCUT2D eigenvalue weighted by atomic mass is 10.1. The van der Waals surface area contributed by atoms with Crippen molar-refractivity contribution in [1.29, 1.82) is 5.26 Å². The molecule has 0 aliphatic rings. The van der Waals surface area contributed by atoms with Crippen LogP contribution in [0.25, 0.3) is 11.3 Å². The minimum atomic E-state index is -4.52. The number of nitriles is 1. The molecule has 4 N–H and O–H groups in total. The maximum atomic E-state index is 12.9. The van der Waals surface area contributed by atoms with Gasteiger partial charge in [-0.1, -0.05) is 6.07 Å². The van der Waals surface area contributed by atoms with Crippen LogP contribution in [-0.4, -0.2) is 31.2 Å². The summed E-state index contributed by atoms with van der Waals surface area (Å²) in [5, 5.41) is 15.7. The number of nitrogens with two attached hydrogens (primary N) is 1. The van der Waals surface area contributed by atoms with Crippen molar-refractivity contribution in [3.05, 3.63) is 77.5 Å². The van der Waals surface area contributed by atoms with Gasteiger partial charge in [0.05, 0.1) is 22.5 Å². The first-order valence-electron chi connectivity index (χ1n) is 10.4. The lowest BCUT2D eigenvalue weighted by molar-refractivity contribution is -0.137. The van der Waals surface area contributed by atoms with Gasteiger partial charge in [0.25, 0.3) is 0 Å². The van der Waals surface area contributed by atoms with E-state index < -0.39 is 11.7 Å². The number of aromatic nitrogens is 1. The first-order valence-corrected chi connectivity index (χ1v) is 10.4. The number of nitrogens with zero attached hydrogens (tertiary/aromatic N) is 2. The number of hydrogen-bond donors (Lipinski definition) is 3. The van der Waals surface area contributed by atoms with Crippen molar-refractivity contribution in [2.45, 2.75) is 12.7 Å². The quantitative estimate of drug-likeness (QED) is 0.399. The smallest absolute Gasteiger partial charge is 0.416 e. The van der Waals surface area contributed by atoms with Gasteiger partial charge in [-0.3, -0.25) is 4.98 Å². The Morgan fingerprint density at radius 2 is 1.73 bits per heavy atom. The molecule has 1 heterocycles. The molecule has 172 valence electrons. The molecule has 0 radical (unpaired) electrons. The number of nitrogens with one attached hydrogen (secondary N) is 2. The van der Waals surface area contributed by atoms with Crippen LogP contribution in [-0.2, 0) is 12.7 Å². The van der Waals surface area contributed by atoms with Crippen molar-refractivity contribution in [1.82, 2.24) is 15.6 Å². The molecule has 0 aliphatic carbocycles. The lowest BCUT2D eigenvalue weighted by Crippen LogP contribution is -2.30. The van der Waals surface area contributed by atoms with Crippen molar-refractivity contribution in [3.8, 4) is 28.8 Å². The van der Waals surface area contributed by atoms with Crippen LogP contribution < -0.4 is 21.1 Å². The van der Waals surface area contributed by atoms with Crippen LogP contribution >= 0.6 is 0 Å². The van der Waals surface area contributed by atoms with E-state index in [4.69, 9.17) is 10.5 Å². The normalized spacial score (nSPS) is 11.2. The van der Waals surface area contributed by atoms with Gasteiger partial charge in [-0.05, 0) is 54.6 Å². The highest BCUT2D eigenvalue weighted by atomic mass is 19.4. The Bertz CT molecular complexity index is 1090. The number of pyridine rings is 1. The Balaban J connectivity index is 1.64. The fourth-order valence-electron chi connectivity index (χ4n) is 3.06. The van der Waals surface area contributed by atoms with Crippen molar-refractivity contribution < 1.29 is 17.9 Å². The van der Waals surface area contributed by atoms with Gasteiger partial charge in [-0.2, -0.15) is 18.4 Å². The lowest BCUT2D eigenvalue weighted by Gasteiger charge is -2.11. The van der Waals surface area contributed by atoms with Crippen LogP contribution in [0.3, 0.4) is 0 Å². The van der Waals surface area contributed by atoms with E-state index >= 15 is 0 Å². The minimum absolute atomic E-state index is 0.0606. The summed E-state index contributed by atoms with van der Waals surface area (Å²) < 4.78 is 44.2. The summed E-state index contributed by atoms with van der Waals surface area (Å²) in [6.45, 7) is 3.64. The monoisotopic (exact) mass is 455 g/mol. The van der Waals surface area contributed by atoms with Crippen molar-refractivity contribution in [2.75, 3.05) is 26.2 Å². The number of benzene rings is 2. The number of hydrogen-bond acceptors (Lipinski definition) is 6. The van der Waals surface area contributed by atoms with E-state index in [0.717, 1.165) is 54.8 Å². The molecule has 0 fully saturated rings. The molecule has 3 aromatic rings. The van der Waals surface area contributed by atoms with Gasteiger partial charge >= 0.3 is 6.18 Å². The summed E-state index contributed by atoms with van der Waals surface area (Å²) in [5.41, 5.74) is 6.90. The number of rotatable bonds is 10. The zero-order chi connectivity index (χ0) is 23.7. The number of ether oxygens (including phenoxy) is 1. The van der Waals surface area contributed by atoms with Crippen LogP contribution in [0.5, 0.6) is 11.5 Å². The van der Waals surface area contributed by atoms with E-state index in [1.165, 1.54) is 0 Å². The van der Waals surface area contributed by atoms with Gasteiger partial charge in [0.15, 0.2) is 0 Å². The molecule has 0 amide bonds. The highest BCUT2D eigenvalue weighted by Gasteiger charge is 2.31. The van der Waals surface area contributed by atoms with E-state index in [0.29, 0.717) is 18.8 Å². The summed E-state index contributed by atoms with van der Waals surface area (Å²) >= 11 is 0. The molecule has 6 nitrogen and oxygen atoms in total. The van der Waals surface area contributed by atoms with Crippen LogP contribution in [0.4, 0.5) is 13.2 Å². The van der Waals surface area contributed by atoms with Gasteiger partial charge in [0.2, 0.25) is 0 Å². The van der Waals surface area contributed by atoms with E-state index in [1.54, 1.807) is 18.2 Å². The molecule has 0 atom stereocenters. The second-order valence-electron chi connectivity index (χ2n) is 7.18. The fraction of sp³-hybridized carbons (Fsp3) is 0.250. The molecule has 0 saturated carbocycles. The van der Waals surface area contributed by atoms with E-state index in [9.17, 15) is 18.4 Å². The Kier molecular flexibility index (Phi) is 8.38. The van der Waals surface area contributed by atoms with Gasteiger partial charge in [0.1, 0.15) is 17.6 Å². The number of alkyl halides is 3. The predicted octanol–water partition coefficient (Wildman–Crippen LogP) is 4.07. The molecule has 0 bridgehead atoms. The van der Waals surface area contributed by atoms with Gasteiger partial charge in [0, 0.05) is 38.3 Å². The van der Waals surface area contributed by atoms with E-state index in [1.807, 2.05) is 30.3 Å². The molecule has 1 aromatic heterocycles. The molecule has 0 aliphatic heterocycles. The summed E-state index contributed by atoms with van der Waals surface area (Å²) in [4.78, 5) is 4.66. The Morgan fingerprint density at radius 3 is 2.42 bits per heavy atom. The average Bonchev–Trinajstić information content (AvgIpc) is 2.81. The van der Waals surface area contributed by atoms with Crippen LogP contribution in [0.1, 0.15) is 16.8 Å². The second-order valence-corrected chi connectivity index (χ2v) is 7.18. The molecule has 2 aromatic carbocycles. The fourth-order valence-corrected chi connectivity index (χ4v) is 3.06. The SMILES string of the molecule is N#Cc1cc(C(F)(F)F)ccc1Oc1ccc(-c2cccc(CNCCNCCN)n2)cc1. The largest absolute Gasteiger partial charge is 0.456 e. The van der Waals surface area contributed by atoms with Crippen LogP contribution in [0.15, 0.2) is 60.7 Å². The molecule has 0 unspecified atom stereocenters. The Labute approximate surface area is 190 Å². The maximum Gasteiger partial charge on any atom is 0.416 e. The highest BCUT2D eigenvalue weighted by Crippen LogP contribution is 2.34. The maximum absolute atomic E-state index is 12.9.